The number of hydrogen-bond donors (Lipinski definition) is 0. The number of aromatic nitrogens is 2. The van der Waals surface area contributed by atoms with Crippen molar-refractivity contribution >= 4 is 17.5 Å². The Bertz CT molecular complexity index is 797. The fraction of sp³-hybridized carbons (Fsp3) is 0.500. The second-order valence-corrected chi connectivity index (χ2v) is 7.34. The van der Waals surface area contributed by atoms with Crippen molar-refractivity contribution in [1.82, 2.24) is 19.6 Å². The third kappa shape index (κ3) is 4.82. The van der Waals surface area contributed by atoms with Gasteiger partial charge in [-0.25, -0.2) is 0 Å². The fourth-order valence-electron chi connectivity index (χ4n) is 3.44. The number of halogens is 1. The molecule has 146 valence electrons. The average Bonchev–Trinajstić information content (AvgIpc) is 2.93. The van der Waals surface area contributed by atoms with Crippen LogP contribution >= 0.6 is 11.6 Å². The Balaban J connectivity index is 1.46. The van der Waals surface area contributed by atoms with E-state index in [4.69, 9.17) is 16.3 Å². The van der Waals surface area contributed by atoms with Crippen molar-refractivity contribution in [1.29, 1.82) is 0 Å². The quantitative estimate of drug-likeness (QED) is 0.761. The topological polar surface area (TPSA) is 50.6 Å². The number of benzene rings is 1. The highest BCUT2D eigenvalue weighted by atomic mass is 35.5. The lowest BCUT2D eigenvalue weighted by Gasteiger charge is -2.35. The van der Waals surface area contributed by atoms with Gasteiger partial charge >= 0.3 is 0 Å². The molecular weight excluding hydrogens is 364 g/mol. The first-order chi connectivity index (χ1) is 13.0. The summed E-state index contributed by atoms with van der Waals surface area (Å²) in [4.78, 5) is 16.9. The van der Waals surface area contributed by atoms with Gasteiger partial charge in [0.15, 0.2) is 0 Å². The predicted molar refractivity (Wildman–Crippen MR) is 106 cm³/mol. The Labute approximate surface area is 165 Å². The molecule has 0 unspecified atom stereocenters. The molecule has 0 atom stereocenters. The van der Waals surface area contributed by atoms with Gasteiger partial charge < -0.3 is 9.64 Å². The molecule has 0 aliphatic carbocycles. The van der Waals surface area contributed by atoms with Crippen molar-refractivity contribution in [3.63, 3.8) is 0 Å². The second kappa shape index (κ2) is 8.76. The number of hydrogen-bond acceptors (Lipinski definition) is 4. The zero-order valence-corrected chi connectivity index (χ0v) is 17.0. The molecule has 2 aromatic rings. The molecule has 1 aromatic carbocycles. The number of methoxy groups -OCH3 is 1. The van der Waals surface area contributed by atoms with Gasteiger partial charge in [0.2, 0.25) is 5.91 Å². The fourth-order valence-corrected chi connectivity index (χ4v) is 3.57. The SMILES string of the molecule is COc1cccc(CN2CCN(C(=O)CCn3nc(C)c(Cl)c3C)CC2)c1. The predicted octanol–water partition coefficient (Wildman–Crippen LogP) is 2.90. The van der Waals surface area contributed by atoms with Crippen LogP contribution in [-0.4, -0.2) is 58.8 Å². The largest absolute Gasteiger partial charge is 0.497 e. The van der Waals surface area contributed by atoms with Gasteiger partial charge in [-0.3, -0.25) is 14.4 Å². The molecule has 0 saturated carbocycles. The first kappa shape index (κ1) is 19.7. The van der Waals surface area contributed by atoms with Crippen LogP contribution in [0, 0.1) is 13.8 Å². The molecule has 0 radical (unpaired) electrons. The molecule has 1 aromatic heterocycles. The number of carbonyl (C=O) groups is 1. The van der Waals surface area contributed by atoms with Crippen molar-refractivity contribution in [3.05, 3.63) is 46.2 Å². The van der Waals surface area contributed by atoms with E-state index in [9.17, 15) is 4.79 Å². The Morgan fingerprint density at radius 3 is 2.59 bits per heavy atom. The molecule has 1 saturated heterocycles. The minimum Gasteiger partial charge on any atom is -0.497 e. The van der Waals surface area contributed by atoms with Gasteiger partial charge in [0.25, 0.3) is 0 Å². The maximum Gasteiger partial charge on any atom is 0.224 e. The Morgan fingerprint density at radius 1 is 1.22 bits per heavy atom. The standard InChI is InChI=1S/C20H27ClN4O2/c1-15-20(21)16(2)25(22-15)8-7-19(26)24-11-9-23(10-12-24)14-17-5-4-6-18(13-17)27-3/h4-6,13H,7-12,14H2,1-3H3. The number of rotatable bonds is 6. The molecule has 3 rings (SSSR count). The zero-order valence-electron chi connectivity index (χ0n) is 16.2. The maximum absolute atomic E-state index is 12.5. The van der Waals surface area contributed by atoms with Gasteiger partial charge in [-0.2, -0.15) is 5.10 Å². The molecular formula is C20H27ClN4O2. The summed E-state index contributed by atoms with van der Waals surface area (Å²) in [5.41, 5.74) is 2.97. The highest BCUT2D eigenvalue weighted by molar-refractivity contribution is 6.31. The Kier molecular flexibility index (Phi) is 6.39. The first-order valence-electron chi connectivity index (χ1n) is 9.30. The van der Waals surface area contributed by atoms with Gasteiger partial charge in [-0.05, 0) is 31.5 Å². The third-order valence-electron chi connectivity index (χ3n) is 5.10. The molecule has 0 bridgehead atoms. The van der Waals surface area contributed by atoms with Crippen LogP contribution in [0.1, 0.15) is 23.4 Å². The average molecular weight is 391 g/mol. The van der Waals surface area contributed by atoms with E-state index in [1.807, 2.05) is 35.6 Å². The Hall–Kier alpha value is -2.05. The second-order valence-electron chi connectivity index (χ2n) is 6.97. The van der Waals surface area contributed by atoms with Crippen molar-refractivity contribution in [3.8, 4) is 5.75 Å². The number of ether oxygens (including phenoxy) is 1. The molecule has 1 amide bonds. The van der Waals surface area contributed by atoms with Crippen LogP contribution in [0.5, 0.6) is 5.75 Å². The number of piperazine rings is 1. The van der Waals surface area contributed by atoms with Crippen molar-refractivity contribution in [2.24, 2.45) is 0 Å². The normalized spacial score (nSPS) is 15.2. The van der Waals surface area contributed by atoms with Crippen LogP contribution in [0.4, 0.5) is 0 Å². The van der Waals surface area contributed by atoms with E-state index >= 15 is 0 Å². The van der Waals surface area contributed by atoms with Gasteiger partial charge in [0.05, 0.1) is 30.1 Å². The summed E-state index contributed by atoms with van der Waals surface area (Å²) in [5.74, 6) is 1.06. The van der Waals surface area contributed by atoms with Gasteiger partial charge in [-0.15, -0.1) is 0 Å². The molecule has 6 nitrogen and oxygen atoms in total. The summed E-state index contributed by atoms with van der Waals surface area (Å²) in [5, 5.41) is 5.08. The van der Waals surface area contributed by atoms with Crippen LogP contribution < -0.4 is 4.74 Å². The third-order valence-corrected chi connectivity index (χ3v) is 5.64. The minimum absolute atomic E-state index is 0.180. The van der Waals surface area contributed by atoms with Crippen LogP contribution in [-0.2, 0) is 17.9 Å². The molecule has 7 heteroatoms. The van der Waals surface area contributed by atoms with E-state index in [-0.39, 0.29) is 5.91 Å². The lowest BCUT2D eigenvalue weighted by Crippen LogP contribution is -2.48. The number of amides is 1. The summed E-state index contributed by atoms with van der Waals surface area (Å²) < 4.78 is 7.11. The Morgan fingerprint density at radius 2 is 1.96 bits per heavy atom. The van der Waals surface area contributed by atoms with E-state index in [2.05, 4.69) is 22.1 Å². The molecule has 0 spiro atoms. The summed E-state index contributed by atoms with van der Waals surface area (Å²) in [6.45, 7) is 8.57. The van der Waals surface area contributed by atoms with E-state index in [1.165, 1.54) is 5.56 Å². The number of carbonyl (C=O) groups excluding carboxylic acids is 1. The number of nitrogens with zero attached hydrogens (tertiary/aromatic N) is 4. The lowest BCUT2D eigenvalue weighted by atomic mass is 10.2. The van der Waals surface area contributed by atoms with Crippen molar-refractivity contribution in [2.75, 3.05) is 33.3 Å². The summed E-state index contributed by atoms with van der Waals surface area (Å²) in [6, 6.07) is 8.14. The van der Waals surface area contributed by atoms with Crippen LogP contribution in [0.25, 0.3) is 0 Å². The van der Waals surface area contributed by atoms with Gasteiger partial charge in [0, 0.05) is 39.1 Å². The molecule has 0 N–H and O–H groups in total. The lowest BCUT2D eigenvalue weighted by molar-refractivity contribution is -0.133. The van der Waals surface area contributed by atoms with E-state index in [0.29, 0.717) is 18.0 Å². The van der Waals surface area contributed by atoms with E-state index in [0.717, 1.165) is 49.9 Å². The summed E-state index contributed by atoms with van der Waals surface area (Å²) in [6.07, 6.45) is 0.453. The van der Waals surface area contributed by atoms with Crippen LogP contribution in [0.2, 0.25) is 5.02 Å². The van der Waals surface area contributed by atoms with Gasteiger partial charge in [-0.1, -0.05) is 23.7 Å². The molecule has 2 heterocycles. The minimum atomic E-state index is 0.180. The first-order valence-corrected chi connectivity index (χ1v) is 9.68. The summed E-state index contributed by atoms with van der Waals surface area (Å²) >= 11 is 6.17. The summed E-state index contributed by atoms with van der Waals surface area (Å²) in [7, 11) is 1.68. The zero-order chi connectivity index (χ0) is 19.4. The van der Waals surface area contributed by atoms with Crippen molar-refractivity contribution in [2.45, 2.75) is 33.4 Å². The molecule has 1 aliphatic heterocycles. The molecule has 27 heavy (non-hydrogen) atoms. The highest BCUT2D eigenvalue weighted by Gasteiger charge is 2.21. The van der Waals surface area contributed by atoms with Crippen molar-refractivity contribution < 1.29 is 9.53 Å². The van der Waals surface area contributed by atoms with E-state index in [1.54, 1.807) is 7.11 Å². The number of aryl methyl sites for hydroxylation is 2. The monoisotopic (exact) mass is 390 g/mol. The van der Waals surface area contributed by atoms with E-state index < -0.39 is 0 Å². The smallest absolute Gasteiger partial charge is 0.224 e. The van der Waals surface area contributed by atoms with Crippen LogP contribution in [0.15, 0.2) is 24.3 Å². The van der Waals surface area contributed by atoms with Crippen LogP contribution in [0.3, 0.4) is 0 Å². The maximum atomic E-state index is 12.5. The van der Waals surface area contributed by atoms with Gasteiger partial charge in [0.1, 0.15) is 5.75 Å². The highest BCUT2D eigenvalue weighted by Crippen LogP contribution is 2.19. The molecule has 1 aliphatic rings. The molecule has 1 fully saturated rings.